The summed E-state index contributed by atoms with van der Waals surface area (Å²) in [6, 6.07) is 16.9. The maximum absolute atomic E-state index is 13.8. The van der Waals surface area contributed by atoms with E-state index in [1.165, 1.54) is 11.8 Å². The van der Waals surface area contributed by atoms with Gasteiger partial charge in [-0.3, -0.25) is 4.79 Å². The topological polar surface area (TPSA) is 60.0 Å². The molecule has 0 radical (unpaired) electrons. The van der Waals surface area contributed by atoms with Crippen LogP contribution in [-0.2, 0) is 11.3 Å². The van der Waals surface area contributed by atoms with Gasteiger partial charge in [-0.2, -0.15) is 0 Å². The number of aliphatic imine (C=N–C) groups is 1. The highest BCUT2D eigenvalue weighted by Crippen LogP contribution is 2.15. The number of hydrogen-bond donors (Lipinski definition) is 2. The van der Waals surface area contributed by atoms with Crippen LogP contribution >= 0.6 is 24.0 Å². The first-order valence-electron chi connectivity index (χ1n) is 10.5. The minimum Gasteiger partial charge on any atom is -0.368 e. The minimum absolute atomic E-state index is 0. The molecule has 1 fully saturated rings. The lowest BCUT2D eigenvalue weighted by molar-refractivity contribution is -0.131. The first kappa shape index (κ1) is 24.9. The Morgan fingerprint density at radius 1 is 1.00 bits per heavy atom. The van der Waals surface area contributed by atoms with E-state index < -0.39 is 0 Å². The first-order chi connectivity index (χ1) is 14.7. The van der Waals surface area contributed by atoms with Gasteiger partial charge in [0.15, 0.2) is 5.96 Å². The van der Waals surface area contributed by atoms with Crippen molar-refractivity contribution in [1.29, 1.82) is 0 Å². The molecule has 0 aliphatic carbocycles. The van der Waals surface area contributed by atoms with Crippen LogP contribution in [0.15, 0.2) is 59.6 Å². The number of guanidine groups is 1. The summed E-state index contributed by atoms with van der Waals surface area (Å²) in [4.78, 5) is 21.2. The zero-order valence-electron chi connectivity index (χ0n) is 17.9. The van der Waals surface area contributed by atoms with E-state index in [2.05, 4.69) is 32.7 Å². The third-order valence-corrected chi connectivity index (χ3v) is 5.09. The molecule has 0 aromatic heterocycles. The standard InChI is InChI=1S/C23H30FN5O.HI/c1-2-25-23(27-18-19-8-6-7-11-21(19)24)26-13-12-22(30)29-16-14-28(15-17-29)20-9-4-3-5-10-20;/h3-11H,2,12-18H2,1H3,(H2,25,26,27);1H. The van der Waals surface area contributed by atoms with Gasteiger partial charge in [-0.15, -0.1) is 24.0 Å². The molecule has 31 heavy (non-hydrogen) atoms. The van der Waals surface area contributed by atoms with E-state index in [1.54, 1.807) is 18.2 Å². The molecule has 1 aliphatic rings. The largest absolute Gasteiger partial charge is 0.368 e. The molecule has 2 aromatic carbocycles. The molecule has 8 heteroatoms. The first-order valence-corrected chi connectivity index (χ1v) is 10.5. The second-order valence-corrected chi connectivity index (χ2v) is 7.17. The summed E-state index contributed by atoms with van der Waals surface area (Å²) in [7, 11) is 0. The molecular weight excluding hydrogens is 508 g/mol. The Labute approximate surface area is 200 Å². The third-order valence-electron chi connectivity index (χ3n) is 5.09. The molecule has 2 N–H and O–H groups in total. The van der Waals surface area contributed by atoms with E-state index in [4.69, 9.17) is 0 Å². The van der Waals surface area contributed by atoms with Crippen LogP contribution in [0.1, 0.15) is 18.9 Å². The summed E-state index contributed by atoms with van der Waals surface area (Å²) >= 11 is 0. The Morgan fingerprint density at radius 3 is 2.35 bits per heavy atom. The highest BCUT2D eigenvalue weighted by atomic mass is 127. The molecule has 1 saturated heterocycles. The van der Waals surface area contributed by atoms with Crippen molar-refractivity contribution in [3.8, 4) is 0 Å². The van der Waals surface area contributed by atoms with Gasteiger partial charge in [0.05, 0.1) is 6.54 Å². The molecule has 168 valence electrons. The smallest absolute Gasteiger partial charge is 0.224 e. The number of halogens is 2. The number of rotatable bonds is 7. The number of para-hydroxylation sites is 1. The summed E-state index contributed by atoms with van der Waals surface area (Å²) in [5.74, 6) is 0.463. The van der Waals surface area contributed by atoms with Gasteiger partial charge in [-0.1, -0.05) is 36.4 Å². The number of anilines is 1. The highest BCUT2D eigenvalue weighted by molar-refractivity contribution is 14.0. The molecule has 3 rings (SSSR count). The zero-order chi connectivity index (χ0) is 21.2. The van der Waals surface area contributed by atoms with Gasteiger partial charge < -0.3 is 20.4 Å². The van der Waals surface area contributed by atoms with E-state index in [1.807, 2.05) is 30.0 Å². The number of amides is 1. The van der Waals surface area contributed by atoms with Crippen molar-refractivity contribution in [3.63, 3.8) is 0 Å². The molecule has 0 spiro atoms. The maximum atomic E-state index is 13.8. The van der Waals surface area contributed by atoms with Crippen LogP contribution < -0.4 is 15.5 Å². The second-order valence-electron chi connectivity index (χ2n) is 7.17. The summed E-state index contributed by atoms with van der Waals surface area (Å²) in [5, 5.41) is 6.31. The van der Waals surface area contributed by atoms with Crippen LogP contribution in [0.3, 0.4) is 0 Å². The normalized spacial score (nSPS) is 14.1. The van der Waals surface area contributed by atoms with Crippen molar-refractivity contribution in [3.05, 3.63) is 66.0 Å². The molecule has 2 aromatic rings. The van der Waals surface area contributed by atoms with Crippen molar-refractivity contribution in [1.82, 2.24) is 15.5 Å². The van der Waals surface area contributed by atoms with Gasteiger partial charge in [0.1, 0.15) is 5.82 Å². The number of carbonyl (C=O) groups is 1. The number of hydrogen-bond acceptors (Lipinski definition) is 3. The average molecular weight is 539 g/mol. The van der Waals surface area contributed by atoms with Crippen LogP contribution in [0.5, 0.6) is 0 Å². The molecule has 1 heterocycles. The number of nitrogens with one attached hydrogen (secondary N) is 2. The van der Waals surface area contributed by atoms with Crippen molar-refractivity contribution in [2.75, 3.05) is 44.2 Å². The fourth-order valence-electron chi connectivity index (χ4n) is 3.43. The van der Waals surface area contributed by atoms with Crippen LogP contribution in [0, 0.1) is 5.82 Å². The third kappa shape index (κ3) is 7.68. The van der Waals surface area contributed by atoms with Gasteiger partial charge in [0, 0.05) is 56.9 Å². The van der Waals surface area contributed by atoms with Gasteiger partial charge in [0.2, 0.25) is 5.91 Å². The Kier molecular flexibility index (Phi) is 10.6. The van der Waals surface area contributed by atoms with Crippen molar-refractivity contribution in [2.24, 2.45) is 4.99 Å². The lowest BCUT2D eigenvalue weighted by Crippen LogP contribution is -2.49. The molecule has 0 saturated carbocycles. The second kappa shape index (κ2) is 13.1. The molecule has 1 aliphatic heterocycles. The monoisotopic (exact) mass is 539 g/mol. The van der Waals surface area contributed by atoms with Crippen molar-refractivity contribution < 1.29 is 9.18 Å². The molecule has 0 unspecified atom stereocenters. The van der Waals surface area contributed by atoms with Gasteiger partial charge in [-0.25, -0.2) is 9.38 Å². The van der Waals surface area contributed by atoms with Crippen LogP contribution in [0.25, 0.3) is 0 Å². The number of carbonyl (C=O) groups excluding carboxylic acids is 1. The van der Waals surface area contributed by atoms with Crippen molar-refractivity contribution in [2.45, 2.75) is 19.9 Å². The summed E-state index contributed by atoms with van der Waals surface area (Å²) in [5.41, 5.74) is 1.75. The number of nitrogens with zero attached hydrogens (tertiary/aromatic N) is 3. The van der Waals surface area contributed by atoms with Crippen molar-refractivity contribution >= 4 is 41.5 Å². The van der Waals surface area contributed by atoms with Gasteiger partial charge in [0.25, 0.3) is 0 Å². The predicted octanol–water partition coefficient (Wildman–Crippen LogP) is 3.24. The van der Waals surface area contributed by atoms with E-state index in [0.29, 0.717) is 31.0 Å². The summed E-state index contributed by atoms with van der Waals surface area (Å²) < 4.78 is 13.8. The zero-order valence-corrected chi connectivity index (χ0v) is 20.2. The molecule has 0 atom stereocenters. The average Bonchev–Trinajstić information content (AvgIpc) is 2.79. The quantitative estimate of drug-likeness (QED) is 0.323. The predicted molar refractivity (Wildman–Crippen MR) is 134 cm³/mol. The molecular formula is C23H31FIN5O. The van der Waals surface area contributed by atoms with Gasteiger partial charge >= 0.3 is 0 Å². The lowest BCUT2D eigenvalue weighted by atomic mass is 10.2. The Balaban J connectivity index is 0.00000341. The number of piperazine rings is 1. The van der Waals surface area contributed by atoms with E-state index >= 15 is 0 Å². The van der Waals surface area contributed by atoms with E-state index in [9.17, 15) is 9.18 Å². The van der Waals surface area contributed by atoms with Crippen LogP contribution in [0.4, 0.5) is 10.1 Å². The minimum atomic E-state index is -0.262. The Morgan fingerprint density at radius 2 is 1.68 bits per heavy atom. The van der Waals surface area contributed by atoms with Gasteiger partial charge in [-0.05, 0) is 25.1 Å². The Bertz CT molecular complexity index is 841. The highest BCUT2D eigenvalue weighted by Gasteiger charge is 2.20. The van der Waals surface area contributed by atoms with Crippen LogP contribution in [-0.4, -0.2) is 56.0 Å². The number of benzene rings is 2. The fraction of sp³-hybridized carbons (Fsp3) is 0.391. The fourth-order valence-corrected chi connectivity index (χ4v) is 3.43. The van der Waals surface area contributed by atoms with E-state index in [-0.39, 0.29) is 42.2 Å². The van der Waals surface area contributed by atoms with E-state index in [0.717, 1.165) is 26.2 Å². The molecule has 6 nitrogen and oxygen atoms in total. The Hall–Kier alpha value is -2.36. The molecule has 0 bridgehead atoms. The lowest BCUT2D eigenvalue weighted by Gasteiger charge is -2.36. The summed E-state index contributed by atoms with van der Waals surface area (Å²) in [6.45, 7) is 6.55. The van der Waals surface area contributed by atoms with Crippen LogP contribution in [0.2, 0.25) is 0 Å². The maximum Gasteiger partial charge on any atom is 0.224 e. The summed E-state index contributed by atoms with van der Waals surface area (Å²) in [6.07, 6.45) is 0.398. The SMILES string of the molecule is CCNC(=NCc1ccccc1F)NCCC(=O)N1CCN(c2ccccc2)CC1.I. The molecule has 1 amide bonds.